The highest BCUT2D eigenvalue weighted by atomic mass is 79.9. The summed E-state index contributed by atoms with van der Waals surface area (Å²) in [6.45, 7) is 13.3. The molecule has 0 aromatic rings. The molecule has 0 bridgehead atoms. The molecule has 0 aromatic heterocycles. The molecule has 0 saturated carbocycles. The number of ether oxygens (including phenoxy) is 1. The lowest BCUT2D eigenvalue weighted by Crippen LogP contribution is -2.45. The van der Waals surface area contributed by atoms with Gasteiger partial charge in [0.1, 0.15) is 11.6 Å². The number of imide groups is 1. The maximum atomic E-state index is 12.4. The van der Waals surface area contributed by atoms with Crippen molar-refractivity contribution < 1.29 is 23.9 Å². The smallest absolute Gasteiger partial charge is 0.417 e. The molecule has 8 heteroatoms. The minimum atomic E-state index is -1.97. The first-order valence-corrected chi connectivity index (χ1v) is 13.7. The Morgan fingerprint density at radius 3 is 2.52 bits per heavy atom. The molecule has 27 heavy (non-hydrogen) atoms. The summed E-state index contributed by atoms with van der Waals surface area (Å²) in [6, 6.07) is 0. The minimum Gasteiger partial charge on any atom is -0.446 e. The average molecular weight is 466 g/mol. The van der Waals surface area contributed by atoms with E-state index in [0.717, 1.165) is 30.6 Å². The van der Waals surface area contributed by atoms with Crippen molar-refractivity contribution >= 4 is 36.2 Å². The first-order valence-electron chi connectivity index (χ1n) is 9.87. The maximum absolute atomic E-state index is 12.4. The van der Waals surface area contributed by atoms with Gasteiger partial charge in [0.2, 0.25) is 5.91 Å². The van der Waals surface area contributed by atoms with Crippen molar-refractivity contribution in [3.8, 4) is 0 Å². The van der Waals surface area contributed by atoms with E-state index in [9.17, 15) is 14.7 Å². The second-order valence-corrected chi connectivity index (χ2v) is 14.7. The van der Waals surface area contributed by atoms with Gasteiger partial charge in [-0.25, -0.2) is 9.69 Å². The average Bonchev–Trinajstić information content (AvgIpc) is 2.84. The van der Waals surface area contributed by atoms with Gasteiger partial charge in [-0.1, -0.05) is 62.9 Å². The topological polar surface area (TPSA) is 76.1 Å². The molecule has 1 fully saturated rings. The molecule has 1 N–H and O–H groups in total. The third-order valence-electron chi connectivity index (χ3n) is 5.43. The van der Waals surface area contributed by atoms with Crippen LogP contribution in [-0.2, 0) is 14.0 Å². The molecular weight excluding hydrogens is 430 g/mol. The molecule has 0 aromatic carbocycles. The molecule has 1 rings (SSSR count). The summed E-state index contributed by atoms with van der Waals surface area (Å²) in [4.78, 5) is 24.6. The van der Waals surface area contributed by atoms with Crippen molar-refractivity contribution in [1.29, 1.82) is 0 Å². The van der Waals surface area contributed by atoms with E-state index in [0.29, 0.717) is 6.42 Å². The van der Waals surface area contributed by atoms with E-state index in [1.54, 1.807) is 0 Å². The Hall–Kier alpha value is -0.443. The molecule has 6 nitrogen and oxygen atoms in total. The summed E-state index contributed by atoms with van der Waals surface area (Å²) in [5, 5.41) is 10.6. The number of unbranched alkanes of at least 4 members (excludes halogenated alkanes) is 2. The second kappa shape index (κ2) is 10.4. The number of aliphatic hydroxyl groups is 1. The van der Waals surface area contributed by atoms with E-state index >= 15 is 0 Å². The van der Waals surface area contributed by atoms with Gasteiger partial charge in [-0.15, -0.1) is 0 Å². The molecule has 0 aliphatic carbocycles. The van der Waals surface area contributed by atoms with E-state index in [2.05, 4.69) is 56.7 Å². The van der Waals surface area contributed by atoms with Crippen LogP contribution in [0.15, 0.2) is 0 Å². The zero-order chi connectivity index (χ0) is 20.8. The number of aliphatic hydroxyl groups excluding tert-OH is 1. The maximum Gasteiger partial charge on any atom is 0.417 e. The van der Waals surface area contributed by atoms with Crippen molar-refractivity contribution in [2.24, 2.45) is 0 Å². The van der Waals surface area contributed by atoms with Gasteiger partial charge in [-0.2, -0.15) is 0 Å². The summed E-state index contributed by atoms with van der Waals surface area (Å²) in [7, 11) is -1.97. The first-order chi connectivity index (χ1) is 12.4. The standard InChI is InChI=1S/C19H36BrNO5Si/c1-7-8-9-10-15(26-27(5,6)19(2,3)4)11-14(22)12-17(23)21-16(20)13-25-18(21)24/h14-16,22H,7-13H2,1-6H3/t14-,15-,16+/m1/s1. The Morgan fingerprint density at radius 1 is 1.41 bits per heavy atom. The van der Waals surface area contributed by atoms with Crippen LogP contribution in [0.5, 0.6) is 0 Å². The summed E-state index contributed by atoms with van der Waals surface area (Å²) in [5.74, 6) is -0.425. The van der Waals surface area contributed by atoms with E-state index in [1.165, 1.54) is 0 Å². The number of carbonyl (C=O) groups is 2. The highest BCUT2D eigenvalue weighted by molar-refractivity contribution is 9.09. The van der Waals surface area contributed by atoms with Crippen LogP contribution in [0, 0.1) is 0 Å². The molecule has 1 aliphatic heterocycles. The highest BCUT2D eigenvalue weighted by Gasteiger charge is 2.40. The summed E-state index contributed by atoms with van der Waals surface area (Å²) in [5.41, 5.74) is 0. The second-order valence-electron chi connectivity index (χ2n) is 8.86. The van der Waals surface area contributed by atoms with Crippen molar-refractivity contribution in [3.05, 3.63) is 0 Å². The van der Waals surface area contributed by atoms with Crippen LogP contribution in [0.1, 0.15) is 66.2 Å². The Kier molecular flexibility index (Phi) is 9.44. The summed E-state index contributed by atoms with van der Waals surface area (Å²) in [6.07, 6.45) is 2.87. The molecule has 1 aliphatic rings. The predicted octanol–water partition coefficient (Wildman–Crippen LogP) is 4.80. The minimum absolute atomic E-state index is 0.0782. The van der Waals surface area contributed by atoms with Crippen LogP contribution in [-0.4, -0.2) is 54.1 Å². The van der Waals surface area contributed by atoms with Gasteiger partial charge in [0.05, 0.1) is 12.5 Å². The monoisotopic (exact) mass is 465 g/mol. The van der Waals surface area contributed by atoms with Crippen molar-refractivity contribution in [3.63, 3.8) is 0 Å². The lowest BCUT2D eigenvalue weighted by Gasteiger charge is -2.40. The number of carbonyl (C=O) groups excluding carboxylic acids is 2. The van der Waals surface area contributed by atoms with Crippen LogP contribution in [0.25, 0.3) is 0 Å². The lowest BCUT2D eigenvalue weighted by molar-refractivity contribution is -0.130. The van der Waals surface area contributed by atoms with Gasteiger partial charge in [0.25, 0.3) is 0 Å². The number of hydrogen-bond acceptors (Lipinski definition) is 5. The first kappa shape index (κ1) is 24.6. The fourth-order valence-electron chi connectivity index (χ4n) is 2.78. The van der Waals surface area contributed by atoms with Crippen molar-refractivity contribution in [2.75, 3.05) is 6.61 Å². The molecule has 1 saturated heterocycles. The largest absolute Gasteiger partial charge is 0.446 e. The molecule has 0 radical (unpaired) electrons. The molecule has 3 atom stereocenters. The number of hydrogen-bond donors (Lipinski definition) is 1. The molecule has 158 valence electrons. The number of amides is 2. The Balaban J connectivity index is 2.70. The zero-order valence-electron chi connectivity index (χ0n) is 17.6. The van der Waals surface area contributed by atoms with E-state index in [-0.39, 0.29) is 24.2 Å². The zero-order valence-corrected chi connectivity index (χ0v) is 20.2. The normalized spacial score (nSPS) is 20.5. The number of alkyl halides is 1. The molecule has 0 unspecified atom stereocenters. The molecule has 2 amide bonds. The summed E-state index contributed by atoms with van der Waals surface area (Å²) < 4.78 is 11.4. The number of rotatable bonds is 10. The van der Waals surface area contributed by atoms with E-state index < -0.39 is 31.4 Å². The van der Waals surface area contributed by atoms with Crippen LogP contribution in [0.2, 0.25) is 18.1 Å². The van der Waals surface area contributed by atoms with Gasteiger partial charge in [0, 0.05) is 6.10 Å². The third kappa shape index (κ3) is 7.48. The highest BCUT2D eigenvalue weighted by Crippen LogP contribution is 2.38. The fourth-order valence-corrected chi connectivity index (χ4v) is 4.71. The van der Waals surface area contributed by atoms with Gasteiger partial charge >= 0.3 is 6.09 Å². The number of cyclic esters (lactones) is 1. The molecule has 1 heterocycles. The van der Waals surface area contributed by atoms with Gasteiger partial charge in [-0.3, -0.25) is 4.79 Å². The van der Waals surface area contributed by atoms with Gasteiger partial charge < -0.3 is 14.3 Å². The van der Waals surface area contributed by atoms with E-state index in [1.807, 2.05) is 0 Å². The Bertz CT molecular complexity index is 509. The quantitative estimate of drug-likeness (QED) is 0.217. The summed E-state index contributed by atoms with van der Waals surface area (Å²) >= 11 is 3.25. The van der Waals surface area contributed by atoms with Crippen LogP contribution < -0.4 is 0 Å². The molecular formula is C19H36BrNO5Si. The predicted molar refractivity (Wildman–Crippen MR) is 112 cm³/mol. The van der Waals surface area contributed by atoms with Crippen LogP contribution in [0.4, 0.5) is 4.79 Å². The lowest BCUT2D eigenvalue weighted by atomic mass is 10.0. The Labute approximate surface area is 173 Å². The van der Waals surface area contributed by atoms with Crippen LogP contribution in [0.3, 0.4) is 0 Å². The Morgan fingerprint density at radius 2 is 2.04 bits per heavy atom. The SMILES string of the molecule is CCCCC[C@H](C[C@@H](O)CC(=O)N1C(=O)OC[C@H]1Br)O[Si](C)(C)C(C)(C)C. The van der Waals surface area contributed by atoms with Crippen molar-refractivity contribution in [1.82, 2.24) is 4.90 Å². The van der Waals surface area contributed by atoms with E-state index in [4.69, 9.17) is 9.16 Å². The number of nitrogens with zero attached hydrogens (tertiary/aromatic N) is 1. The van der Waals surface area contributed by atoms with Gasteiger partial charge in [0.15, 0.2) is 8.32 Å². The molecule has 0 spiro atoms. The van der Waals surface area contributed by atoms with Gasteiger partial charge in [-0.05, 0) is 31.0 Å². The third-order valence-corrected chi connectivity index (χ3v) is 10.6. The van der Waals surface area contributed by atoms with Crippen LogP contribution >= 0.6 is 15.9 Å². The van der Waals surface area contributed by atoms with Crippen molar-refractivity contribution in [2.45, 2.75) is 102 Å². The fraction of sp³-hybridized carbons (Fsp3) is 0.895. The number of halogens is 1.